The Bertz CT molecular complexity index is 1070. The SMILES string of the molecule is Cc1c(C)n([C@H](C)c2ccccc2)c2nc(-c3ccccc3)nc(Cl)c12. The van der Waals surface area contributed by atoms with Crippen LogP contribution in [0.5, 0.6) is 0 Å². The van der Waals surface area contributed by atoms with Crippen molar-refractivity contribution in [2.45, 2.75) is 26.8 Å². The minimum absolute atomic E-state index is 0.155. The van der Waals surface area contributed by atoms with Crippen molar-refractivity contribution < 1.29 is 0 Å². The first-order valence-electron chi connectivity index (χ1n) is 8.73. The van der Waals surface area contributed by atoms with Gasteiger partial charge in [0.2, 0.25) is 0 Å². The van der Waals surface area contributed by atoms with E-state index in [9.17, 15) is 0 Å². The normalized spacial score (nSPS) is 12.5. The van der Waals surface area contributed by atoms with Gasteiger partial charge in [-0.2, -0.15) is 0 Å². The third-order valence-corrected chi connectivity index (χ3v) is 5.33. The number of hydrogen-bond donors (Lipinski definition) is 0. The molecule has 0 aliphatic heterocycles. The van der Waals surface area contributed by atoms with Crippen molar-refractivity contribution in [3.05, 3.63) is 82.6 Å². The van der Waals surface area contributed by atoms with Crippen LogP contribution in [0.25, 0.3) is 22.4 Å². The van der Waals surface area contributed by atoms with E-state index in [-0.39, 0.29) is 6.04 Å². The highest BCUT2D eigenvalue weighted by atomic mass is 35.5. The fraction of sp³-hybridized carbons (Fsp3) is 0.182. The Morgan fingerprint density at radius 2 is 1.50 bits per heavy atom. The van der Waals surface area contributed by atoms with Crippen molar-refractivity contribution >= 4 is 22.6 Å². The van der Waals surface area contributed by atoms with Gasteiger partial charge in [0.25, 0.3) is 0 Å². The van der Waals surface area contributed by atoms with Crippen molar-refractivity contribution in [3.8, 4) is 11.4 Å². The molecule has 4 rings (SSSR count). The summed E-state index contributed by atoms with van der Waals surface area (Å²) < 4.78 is 2.26. The molecule has 3 nitrogen and oxygen atoms in total. The van der Waals surface area contributed by atoms with E-state index in [1.165, 1.54) is 5.56 Å². The van der Waals surface area contributed by atoms with Gasteiger partial charge >= 0.3 is 0 Å². The molecule has 2 aromatic carbocycles. The van der Waals surface area contributed by atoms with E-state index < -0.39 is 0 Å². The van der Waals surface area contributed by atoms with E-state index in [1.807, 2.05) is 36.4 Å². The average Bonchev–Trinajstić information content (AvgIpc) is 2.93. The maximum atomic E-state index is 6.59. The highest BCUT2D eigenvalue weighted by molar-refractivity contribution is 6.34. The van der Waals surface area contributed by atoms with Crippen LogP contribution >= 0.6 is 11.6 Å². The second-order valence-electron chi connectivity index (χ2n) is 6.57. The largest absolute Gasteiger partial charge is 0.322 e. The van der Waals surface area contributed by atoms with Crippen LogP contribution in [0.2, 0.25) is 5.15 Å². The fourth-order valence-electron chi connectivity index (χ4n) is 3.51. The zero-order chi connectivity index (χ0) is 18.3. The van der Waals surface area contributed by atoms with Crippen molar-refractivity contribution in [2.75, 3.05) is 0 Å². The third kappa shape index (κ3) is 2.69. The van der Waals surface area contributed by atoms with Gasteiger partial charge < -0.3 is 4.57 Å². The van der Waals surface area contributed by atoms with Gasteiger partial charge in [-0.3, -0.25) is 0 Å². The fourth-order valence-corrected chi connectivity index (χ4v) is 3.82. The van der Waals surface area contributed by atoms with E-state index >= 15 is 0 Å². The molecule has 0 aliphatic carbocycles. The summed E-state index contributed by atoms with van der Waals surface area (Å²) in [5, 5.41) is 1.44. The summed E-state index contributed by atoms with van der Waals surface area (Å²) in [6.45, 7) is 6.40. The van der Waals surface area contributed by atoms with Gasteiger partial charge in [-0.1, -0.05) is 72.3 Å². The minimum atomic E-state index is 0.155. The first-order valence-corrected chi connectivity index (χ1v) is 9.10. The van der Waals surface area contributed by atoms with Crippen molar-refractivity contribution in [1.82, 2.24) is 14.5 Å². The number of aryl methyl sites for hydroxylation is 1. The molecule has 2 aromatic heterocycles. The lowest BCUT2D eigenvalue weighted by atomic mass is 10.1. The van der Waals surface area contributed by atoms with E-state index in [0.717, 1.165) is 27.9 Å². The Morgan fingerprint density at radius 3 is 2.15 bits per heavy atom. The average molecular weight is 362 g/mol. The van der Waals surface area contributed by atoms with E-state index in [4.69, 9.17) is 16.6 Å². The van der Waals surface area contributed by atoms with Crippen LogP contribution in [0.1, 0.15) is 29.8 Å². The van der Waals surface area contributed by atoms with E-state index in [0.29, 0.717) is 11.0 Å². The number of halogens is 1. The number of fused-ring (bicyclic) bond motifs is 1. The summed E-state index contributed by atoms with van der Waals surface area (Å²) in [5.41, 5.74) is 5.38. The number of rotatable bonds is 3. The summed E-state index contributed by atoms with van der Waals surface area (Å²) in [6, 6.07) is 20.6. The summed E-state index contributed by atoms with van der Waals surface area (Å²) >= 11 is 6.59. The second kappa shape index (κ2) is 6.58. The summed E-state index contributed by atoms with van der Waals surface area (Å²) in [7, 11) is 0. The lowest BCUT2D eigenvalue weighted by Crippen LogP contribution is -2.09. The van der Waals surface area contributed by atoms with Gasteiger partial charge in [0.15, 0.2) is 5.82 Å². The summed E-state index contributed by atoms with van der Waals surface area (Å²) in [4.78, 5) is 9.46. The molecule has 0 amide bonds. The van der Waals surface area contributed by atoms with Crippen LogP contribution in [-0.2, 0) is 0 Å². The molecule has 130 valence electrons. The highest BCUT2D eigenvalue weighted by Crippen LogP contribution is 2.34. The van der Waals surface area contributed by atoms with Gasteiger partial charge in [-0.25, -0.2) is 9.97 Å². The third-order valence-electron chi connectivity index (χ3n) is 5.05. The van der Waals surface area contributed by atoms with E-state index in [1.54, 1.807) is 0 Å². The second-order valence-corrected chi connectivity index (χ2v) is 6.93. The molecule has 0 fully saturated rings. The minimum Gasteiger partial charge on any atom is -0.322 e. The smallest absolute Gasteiger partial charge is 0.163 e. The van der Waals surface area contributed by atoms with Gasteiger partial charge in [-0.05, 0) is 31.9 Å². The van der Waals surface area contributed by atoms with Crippen LogP contribution in [-0.4, -0.2) is 14.5 Å². The van der Waals surface area contributed by atoms with Crippen molar-refractivity contribution in [2.24, 2.45) is 0 Å². The molecule has 26 heavy (non-hydrogen) atoms. The van der Waals surface area contributed by atoms with Crippen LogP contribution in [0.4, 0.5) is 0 Å². The molecule has 2 heterocycles. The maximum Gasteiger partial charge on any atom is 0.163 e. The summed E-state index contributed by atoms with van der Waals surface area (Å²) in [6.07, 6.45) is 0. The van der Waals surface area contributed by atoms with Crippen LogP contribution in [0.3, 0.4) is 0 Å². The Morgan fingerprint density at radius 1 is 0.885 bits per heavy atom. The Labute approximate surface area is 158 Å². The monoisotopic (exact) mass is 361 g/mol. The van der Waals surface area contributed by atoms with Gasteiger partial charge in [0, 0.05) is 11.3 Å². The van der Waals surface area contributed by atoms with E-state index in [2.05, 4.69) is 54.6 Å². The zero-order valence-electron chi connectivity index (χ0n) is 15.1. The first kappa shape index (κ1) is 16.8. The van der Waals surface area contributed by atoms with Gasteiger partial charge in [0.05, 0.1) is 11.4 Å². The predicted octanol–water partition coefficient (Wildman–Crippen LogP) is 5.98. The highest BCUT2D eigenvalue weighted by Gasteiger charge is 2.21. The zero-order valence-corrected chi connectivity index (χ0v) is 15.8. The first-order chi connectivity index (χ1) is 12.6. The topological polar surface area (TPSA) is 30.7 Å². The van der Waals surface area contributed by atoms with Gasteiger partial charge in [0.1, 0.15) is 10.8 Å². The quantitative estimate of drug-likeness (QED) is 0.420. The van der Waals surface area contributed by atoms with Crippen molar-refractivity contribution in [1.29, 1.82) is 0 Å². The molecule has 0 saturated carbocycles. The number of hydrogen-bond acceptors (Lipinski definition) is 2. The maximum absolute atomic E-state index is 6.59. The number of aromatic nitrogens is 3. The molecule has 0 unspecified atom stereocenters. The molecule has 0 bridgehead atoms. The molecule has 4 heteroatoms. The molecular weight excluding hydrogens is 342 g/mol. The standard InChI is InChI=1S/C22H20ClN3/c1-14-15(2)26(16(3)17-10-6-4-7-11-17)22-19(14)20(23)24-21(25-22)18-12-8-5-9-13-18/h4-13,16H,1-3H3/t16-/m1/s1. The Kier molecular flexibility index (Phi) is 4.25. The molecule has 0 radical (unpaired) electrons. The Hall–Kier alpha value is -2.65. The summed E-state index contributed by atoms with van der Waals surface area (Å²) in [5.74, 6) is 0.655. The molecule has 0 N–H and O–H groups in total. The lowest BCUT2D eigenvalue weighted by molar-refractivity contribution is 0.639. The molecule has 0 aliphatic rings. The molecule has 1 atom stereocenters. The number of nitrogens with zero attached hydrogens (tertiary/aromatic N) is 3. The lowest BCUT2D eigenvalue weighted by Gasteiger charge is -2.18. The van der Waals surface area contributed by atoms with Crippen molar-refractivity contribution in [3.63, 3.8) is 0 Å². The predicted molar refractivity (Wildman–Crippen MR) is 108 cm³/mol. The Balaban J connectivity index is 1.98. The van der Waals surface area contributed by atoms with Crippen LogP contribution in [0, 0.1) is 13.8 Å². The number of benzene rings is 2. The molecular formula is C22H20ClN3. The molecule has 0 spiro atoms. The van der Waals surface area contributed by atoms with Crippen LogP contribution < -0.4 is 0 Å². The molecule has 4 aromatic rings. The van der Waals surface area contributed by atoms with Crippen LogP contribution in [0.15, 0.2) is 60.7 Å². The van der Waals surface area contributed by atoms with Gasteiger partial charge in [-0.15, -0.1) is 0 Å². The molecule has 0 saturated heterocycles.